The lowest BCUT2D eigenvalue weighted by atomic mass is 10.0. The molecule has 190 valence electrons. The molecule has 3 aromatic carbocycles. The number of hydrogen-bond donors (Lipinski definition) is 0. The highest BCUT2D eigenvalue weighted by Gasteiger charge is 2.17. The predicted octanol–water partition coefficient (Wildman–Crippen LogP) is 6.44. The molecule has 0 saturated heterocycles. The SMILES string of the molecule is COc1ccc(C(=O)c2ccc(OCc3nc(-c4ccccc4)oc3C)nc2)c(OCc2ccccc2)c1. The molecule has 2 aromatic heterocycles. The maximum absolute atomic E-state index is 13.3. The molecule has 0 spiro atoms. The average molecular weight is 507 g/mol. The highest BCUT2D eigenvalue weighted by atomic mass is 16.5. The Balaban J connectivity index is 1.27. The molecule has 38 heavy (non-hydrogen) atoms. The summed E-state index contributed by atoms with van der Waals surface area (Å²) in [5.41, 5.74) is 3.41. The zero-order chi connectivity index (χ0) is 26.3. The molecule has 2 heterocycles. The van der Waals surface area contributed by atoms with Gasteiger partial charge in [0.15, 0.2) is 5.78 Å². The van der Waals surface area contributed by atoms with Gasteiger partial charge in [0.1, 0.15) is 36.2 Å². The largest absolute Gasteiger partial charge is 0.497 e. The van der Waals surface area contributed by atoms with Gasteiger partial charge in [-0.15, -0.1) is 0 Å². The van der Waals surface area contributed by atoms with Crippen molar-refractivity contribution < 1.29 is 23.4 Å². The molecule has 0 radical (unpaired) electrons. The molecule has 0 unspecified atom stereocenters. The summed E-state index contributed by atoms with van der Waals surface area (Å²) in [6.45, 7) is 2.37. The number of nitrogens with zero attached hydrogens (tertiary/aromatic N) is 2. The van der Waals surface area contributed by atoms with Gasteiger partial charge in [-0.05, 0) is 42.8 Å². The number of ketones is 1. The van der Waals surface area contributed by atoms with Crippen molar-refractivity contribution in [2.45, 2.75) is 20.1 Å². The molecule has 0 atom stereocenters. The number of aromatic nitrogens is 2. The van der Waals surface area contributed by atoms with E-state index in [0.29, 0.717) is 52.5 Å². The van der Waals surface area contributed by atoms with Crippen LogP contribution < -0.4 is 14.2 Å². The first-order chi connectivity index (χ1) is 18.6. The molecule has 0 saturated carbocycles. The van der Waals surface area contributed by atoms with Gasteiger partial charge in [-0.1, -0.05) is 48.5 Å². The van der Waals surface area contributed by atoms with Gasteiger partial charge in [0.05, 0.1) is 12.7 Å². The number of ether oxygens (including phenoxy) is 3. The summed E-state index contributed by atoms with van der Waals surface area (Å²) in [4.78, 5) is 22.2. The highest BCUT2D eigenvalue weighted by Crippen LogP contribution is 2.28. The predicted molar refractivity (Wildman–Crippen MR) is 142 cm³/mol. The Morgan fingerprint density at radius 1 is 0.868 bits per heavy atom. The summed E-state index contributed by atoms with van der Waals surface area (Å²) in [6, 6.07) is 27.9. The third kappa shape index (κ3) is 5.73. The Bertz CT molecular complexity index is 1510. The third-order valence-corrected chi connectivity index (χ3v) is 5.94. The Kier molecular flexibility index (Phi) is 7.45. The monoisotopic (exact) mass is 506 g/mol. The Labute approximate surface area is 220 Å². The van der Waals surface area contributed by atoms with Gasteiger partial charge in [-0.3, -0.25) is 4.79 Å². The second kappa shape index (κ2) is 11.4. The van der Waals surface area contributed by atoms with E-state index in [9.17, 15) is 4.79 Å². The lowest BCUT2D eigenvalue weighted by Gasteiger charge is -2.13. The fourth-order valence-electron chi connectivity index (χ4n) is 3.84. The average Bonchev–Trinajstić information content (AvgIpc) is 3.36. The summed E-state index contributed by atoms with van der Waals surface area (Å²) >= 11 is 0. The topological polar surface area (TPSA) is 83.7 Å². The van der Waals surface area contributed by atoms with Gasteiger partial charge in [-0.25, -0.2) is 9.97 Å². The highest BCUT2D eigenvalue weighted by molar-refractivity contribution is 6.10. The lowest BCUT2D eigenvalue weighted by Crippen LogP contribution is -2.07. The molecule has 5 aromatic rings. The van der Waals surface area contributed by atoms with Gasteiger partial charge >= 0.3 is 0 Å². The number of aryl methyl sites for hydroxylation is 1. The second-order valence-electron chi connectivity index (χ2n) is 8.53. The van der Waals surface area contributed by atoms with Gasteiger partial charge in [-0.2, -0.15) is 0 Å². The summed E-state index contributed by atoms with van der Waals surface area (Å²) in [6.07, 6.45) is 1.49. The van der Waals surface area contributed by atoms with Crippen LogP contribution in [-0.4, -0.2) is 22.9 Å². The molecule has 0 bridgehead atoms. The normalized spacial score (nSPS) is 10.7. The Morgan fingerprint density at radius 2 is 1.63 bits per heavy atom. The van der Waals surface area contributed by atoms with Crippen LogP contribution in [0, 0.1) is 6.92 Å². The van der Waals surface area contributed by atoms with Crippen molar-refractivity contribution in [2.24, 2.45) is 0 Å². The number of carbonyl (C=O) groups excluding carboxylic acids is 1. The second-order valence-corrected chi connectivity index (χ2v) is 8.53. The summed E-state index contributed by atoms with van der Waals surface area (Å²) in [7, 11) is 1.57. The molecule has 5 rings (SSSR count). The van der Waals surface area contributed by atoms with Crippen LogP contribution in [-0.2, 0) is 13.2 Å². The van der Waals surface area contributed by atoms with E-state index in [1.807, 2.05) is 67.6 Å². The van der Waals surface area contributed by atoms with Crippen LogP contribution in [0.25, 0.3) is 11.5 Å². The van der Waals surface area contributed by atoms with Crippen molar-refractivity contribution in [1.29, 1.82) is 0 Å². The fraction of sp³-hybridized carbons (Fsp3) is 0.129. The number of benzene rings is 3. The zero-order valence-electron chi connectivity index (χ0n) is 21.1. The lowest BCUT2D eigenvalue weighted by molar-refractivity contribution is 0.103. The number of oxazole rings is 1. The van der Waals surface area contributed by atoms with Gasteiger partial charge in [0.2, 0.25) is 11.8 Å². The minimum Gasteiger partial charge on any atom is -0.497 e. The van der Waals surface area contributed by atoms with Crippen LogP contribution in [0.3, 0.4) is 0 Å². The van der Waals surface area contributed by atoms with E-state index in [-0.39, 0.29) is 12.4 Å². The van der Waals surface area contributed by atoms with Crippen molar-refractivity contribution in [1.82, 2.24) is 9.97 Å². The van der Waals surface area contributed by atoms with E-state index in [4.69, 9.17) is 18.6 Å². The molecule has 7 heteroatoms. The van der Waals surface area contributed by atoms with Crippen LogP contribution in [0.15, 0.2) is 102 Å². The van der Waals surface area contributed by atoms with E-state index < -0.39 is 0 Å². The molecule has 0 aliphatic rings. The van der Waals surface area contributed by atoms with Crippen molar-refractivity contribution in [3.8, 4) is 28.8 Å². The first kappa shape index (κ1) is 24.8. The van der Waals surface area contributed by atoms with E-state index in [1.54, 1.807) is 37.4 Å². The summed E-state index contributed by atoms with van der Waals surface area (Å²) < 4.78 is 22.9. The van der Waals surface area contributed by atoms with Crippen molar-refractivity contribution in [2.75, 3.05) is 7.11 Å². The van der Waals surface area contributed by atoms with Crippen LogP contribution in [0.4, 0.5) is 0 Å². The minimum atomic E-state index is -0.213. The summed E-state index contributed by atoms with van der Waals surface area (Å²) in [5, 5.41) is 0. The zero-order valence-corrected chi connectivity index (χ0v) is 21.1. The minimum absolute atomic E-state index is 0.193. The standard InChI is InChI=1S/C31H26N2O5/c1-21-27(33-31(38-21)23-11-7-4-8-12-23)20-37-29-16-13-24(18-32-29)30(34)26-15-14-25(35-2)17-28(26)36-19-22-9-5-3-6-10-22/h3-18H,19-20H2,1-2H3. The van der Waals surface area contributed by atoms with Crippen LogP contribution in [0.5, 0.6) is 17.4 Å². The fourth-order valence-corrected chi connectivity index (χ4v) is 3.84. The van der Waals surface area contributed by atoms with Gasteiger partial charge < -0.3 is 18.6 Å². The van der Waals surface area contributed by atoms with Crippen LogP contribution >= 0.6 is 0 Å². The first-order valence-corrected chi connectivity index (χ1v) is 12.1. The van der Waals surface area contributed by atoms with E-state index in [1.165, 1.54) is 6.20 Å². The number of pyridine rings is 1. The van der Waals surface area contributed by atoms with Crippen molar-refractivity contribution in [3.05, 3.63) is 125 Å². The van der Waals surface area contributed by atoms with E-state index >= 15 is 0 Å². The number of carbonyl (C=O) groups is 1. The number of hydrogen-bond acceptors (Lipinski definition) is 7. The summed E-state index contributed by atoms with van der Waals surface area (Å²) in [5.74, 6) is 2.42. The Hall–Kier alpha value is -4.91. The molecule has 7 nitrogen and oxygen atoms in total. The van der Waals surface area contributed by atoms with Gasteiger partial charge in [0.25, 0.3) is 0 Å². The molecule has 0 aliphatic carbocycles. The maximum Gasteiger partial charge on any atom is 0.226 e. The third-order valence-electron chi connectivity index (χ3n) is 5.94. The molecular formula is C31H26N2O5. The Morgan fingerprint density at radius 3 is 2.34 bits per heavy atom. The van der Waals surface area contributed by atoms with E-state index in [2.05, 4.69) is 9.97 Å². The van der Waals surface area contributed by atoms with E-state index in [0.717, 1.165) is 11.1 Å². The van der Waals surface area contributed by atoms with Gasteiger partial charge in [0, 0.05) is 29.5 Å². The molecular weight excluding hydrogens is 480 g/mol. The number of methoxy groups -OCH3 is 1. The quantitative estimate of drug-likeness (QED) is 0.202. The van der Waals surface area contributed by atoms with Crippen molar-refractivity contribution in [3.63, 3.8) is 0 Å². The molecule has 0 amide bonds. The number of rotatable bonds is 10. The first-order valence-electron chi connectivity index (χ1n) is 12.1. The smallest absolute Gasteiger partial charge is 0.226 e. The molecule has 0 aliphatic heterocycles. The van der Waals surface area contributed by atoms with Crippen LogP contribution in [0.2, 0.25) is 0 Å². The molecule has 0 N–H and O–H groups in total. The maximum atomic E-state index is 13.3. The molecule has 0 fully saturated rings. The van der Waals surface area contributed by atoms with Crippen molar-refractivity contribution >= 4 is 5.78 Å². The van der Waals surface area contributed by atoms with Crippen LogP contribution in [0.1, 0.15) is 32.9 Å².